The van der Waals surface area contributed by atoms with Gasteiger partial charge in [0.15, 0.2) is 5.69 Å². The van der Waals surface area contributed by atoms with Gasteiger partial charge in [0.1, 0.15) is 5.01 Å². The fourth-order valence-electron chi connectivity index (χ4n) is 3.28. The fourth-order valence-corrected chi connectivity index (χ4v) is 4.11. The molecule has 1 aromatic carbocycles. The summed E-state index contributed by atoms with van der Waals surface area (Å²) in [7, 11) is 0. The monoisotopic (exact) mass is 395 g/mol. The van der Waals surface area contributed by atoms with Gasteiger partial charge in [-0.3, -0.25) is 25.5 Å². The van der Waals surface area contributed by atoms with Crippen LogP contribution in [0.25, 0.3) is 10.6 Å². The average Bonchev–Trinajstić information content (AvgIpc) is 3.34. The van der Waals surface area contributed by atoms with E-state index in [1.165, 1.54) is 16.9 Å². The van der Waals surface area contributed by atoms with Gasteiger partial charge in [-0.25, -0.2) is 4.98 Å². The van der Waals surface area contributed by atoms with Gasteiger partial charge >= 0.3 is 0 Å². The Balaban J connectivity index is 1.33. The van der Waals surface area contributed by atoms with Crippen LogP contribution < -0.4 is 10.9 Å². The Morgan fingerprint density at radius 3 is 2.75 bits per heavy atom. The molecule has 0 saturated carbocycles. The molecule has 1 aliphatic carbocycles. The minimum absolute atomic E-state index is 0.0985. The second-order valence-corrected chi connectivity index (χ2v) is 7.78. The van der Waals surface area contributed by atoms with E-state index in [-0.39, 0.29) is 12.3 Å². The number of hydrogen-bond donors (Lipinski definition) is 3. The van der Waals surface area contributed by atoms with Crippen LogP contribution >= 0.6 is 11.3 Å². The molecule has 7 nitrogen and oxygen atoms in total. The molecule has 0 saturated heterocycles. The highest BCUT2D eigenvalue weighted by Gasteiger charge is 2.22. The summed E-state index contributed by atoms with van der Waals surface area (Å²) in [6, 6.07) is 8.10. The van der Waals surface area contributed by atoms with Crippen molar-refractivity contribution in [1.29, 1.82) is 0 Å². The Morgan fingerprint density at radius 2 is 1.93 bits per heavy atom. The number of hydrogen-bond acceptors (Lipinski definition) is 5. The maximum atomic E-state index is 12.3. The van der Waals surface area contributed by atoms with Crippen LogP contribution in [0.1, 0.15) is 45.8 Å². The first-order valence-electron chi connectivity index (χ1n) is 9.27. The Labute approximate surface area is 166 Å². The van der Waals surface area contributed by atoms with Crippen molar-refractivity contribution < 1.29 is 9.59 Å². The smallest absolute Gasteiger partial charge is 0.281 e. The number of carbonyl (C=O) groups is 2. The summed E-state index contributed by atoms with van der Waals surface area (Å²) in [5.41, 5.74) is 10.1. The molecule has 1 aliphatic rings. The third-order valence-corrected chi connectivity index (χ3v) is 5.72. The van der Waals surface area contributed by atoms with E-state index in [4.69, 9.17) is 0 Å². The number of nitrogens with zero attached hydrogens (tertiary/aromatic N) is 2. The number of nitrogens with one attached hydrogen (secondary N) is 3. The number of fused-ring (bicyclic) bond motifs is 1. The molecule has 0 unspecified atom stereocenters. The van der Waals surface area contributed by atoms with Crippen molar-refractivity contribution in [3.05, 3.63) is 57.9 Å². The summed E-state index contributed by atoms with van der Waals surface area (Å²) in [5, 5.41) is 9.76. The number of carbonyl (C=O) groups excluding carboxylic acids is 2. The highest BCUT2D eigenvalue weighted by Crippen LogP contribution is 2.24. The minimum atomic E-state index is -0.397. The molecule has 4 rings (SSSR count). The summed E-state index contributed by atoms with van der Waals surface area (Å²) >= 11 is 1.50. The SMILES string of the molecule is Cc1ccc(-c2nc(CC(=O)NNC(=O)c3n[nH]c4c3CCCC4)cs2)cc1. The molecule has 0 radical (unpaired) electrons. The summed E-state index contributed by atoms with van der Waals surface area (Å²) in [5.74, 6) is -0.718. The van der Waals surface area contributed by atoms with Crippen LogP contribution in [0.2, 0.25) is 0 Å². The molecule has 2 amide bonds. The topological polar surface area (TPSA) is 99.8 Å². The fraction of sp³-hybridized carbons (Fsp3) is 0.300. The van der Waals surface area contributed by atoms with Gasteiger partial charge in [-0.05, 0) is 32.6 Å². The van der Waals surface area contributed by atoms with Gasteiger partial charge in [0.2, 0.25) is 5.91 Å². The molecule has 3 N–H and O–H groups in total. The predicted octanol–water partition coefficient (Wildman–Crippen LogP) is 2.72. The molecule has 144 valence electrons. The summed E-state index contributed by atoms with van der Waals surface area (Å²) in [4.78, 5) is 29.0. The van der Waals surface area contributed by atoms with Crippen LogP contribution in [-0.2, 0) is 24.1 Å². The highest BCUT2D eigenvalue weighted by molar-refractivity contribution is 7.13. The van der Waals surface area contributed by atoms with Crippen LogP contribution in [0.3, 0.4) is 0 Å². The number of benzene rings is 1. The largest absolute Gasteiger partial charge is 0.290 e. The lowest BCUT2D eigenvalue weighted by Crippen LogP contribution is -2.42. The molecule has 2 heterocycles. The van der Waals surface area contributed by atoms with Crippen LogP contribution in [-0.4, -0.2) is 27.0 Å². The predicted molar refractivity (Wildman–Crippen MR) is 107 cm³/mol. The zero-order valence-corrected chi connectivity index (χ0v) is 16.4. The molecular formula is C20H21N5O2S. The van der Waals surface area contributed by atoms with Crippen LogP contribution in [0.4, 0.5) is 0 Å². The van der Waals surface area contributed by atoms with Gasteiger partial charge in [0, 0.05) is 22.2 Å². The van der Waals surface area contributed by atoms with Gasteiger partial charge in [0.05, 0.1) is 12.1 Å². The van der Waals surface area contributed by atoms with Crippen molar-refractivity contribution >= 4 is 23.2 Å². The Kier molecular flexibility index (Phi) is 5.21. The second-order valence-electron chi connectivity index (χ2n) is 6.93. The number of aromatic nitrogens is 3. The van der Waals surface area contributed by atoms with Gasteiger partial charge in [0.25, 0.3) is 5.91 Å². The molecule has 3 aromatic rings. The van der Waals surface area contributed by atoms with E-state index in [2.05, 4.69) is 26.0 Å². The van der Waals surface area contributed by atoms with Crippen LogP contribution in [0.5, 0.6) is 0 Å². The van der Waals surface area contributed by atoms with E-state index in [1.807, 2.05) is 36.6 Å². The van der Waals surface area contributed by atoms with Crippen LogP contribution in [0.15, 0.2) is 29.6 Å². The number of aromatic amines is 1. The summed E-state index contributed by atoms with van der Waals surface area (Å²) in [6.07, 6.45) is 4.00. The normalized spacial score (nSPS) is 13.0. The van der Waals surface area contributed by atoms with Gasteiger partial charge < -0.3 is 0 Å². The van der Waals surface area contributed by atoms with E-state index in [0.717, 1.165) is 47.5 Å². The molecule has 2 aromatic heterocycles. The minimum Gasteiger partial charge on any atom is -0.281 e. The van der Waals surface area contributed by atoms with E-state index >= 15 is 0 Å². The Morgan fingerprint density at radius 1 is 1.14 bits per heavy atom. The Bertz CT molecular complexity index is 1010. The maximum Gasteiger partial charge on any atom is 0.290 e. The van der Waals surface area contributed by atoms with Gasteiger partial charge in [-0.15, -0.1) is 11.3 Å². The molecule has 8 heteroatoms. The molecule has 0 fully saturated rings. The van der Waals surface area contributed by atoms with Crippen molar-refractivity contribution in [2.75, 3.05) is 0 Å². The molecule has 0 spiro atoms. The van der Waals surface area contributed by atoms with E-state index in [9.17, 15) is 9.59 Å². The average molecular weight is 395 g/mol. The van der Waals surface area contributed by atoms with Crippen molar-refractivity contribution in [3.63, 3.8) is 0 Å². The third-order valence-electron chi connectivity index (χ3n) is 4.78. The standard InChI is InChI=1S/C20H21N5O2S/c1-12-6-8-13(9-7-12)20-21-14(11-28-20)10-17(26)23-25-19(27)18-15-4-2-3-5-16(15)22-24-18/h6-9,11H,2-5,10H2,1H3,(H,22,24)(H,23,26)(H,25,27). The van der Waals surface area contributed by atoms with E-state index in [0.29, 0.717) is 11.4 Å². The third kappa shape index (κ3) is 3.96. The number of hydrazine groups is 1. The number of aryl methyl sites for hydroxylation is 2. The van der Waals surface area contributed by atoms with Crippen molar-refractivity contribution in [3.8, 4) is 10.6 Å². The van der Waals surface area contributed by atoms with E-state index < -0.39 is 5.91 Å². The highest BCUT2D eigenvalue weighted by atomic mass is 32.1. The number of amides is 2. The molecular weight excluding hydrogens is 374 g/mol. The molecule has 0 atom stereocenters. The molecule has 28 heavy (non-hydrogen) atoms. The van der Waals surface area contributed by atoms with E-state index in [1.54, 1.807) is 0 Å². The lowest BCUT2D eigenvalue weighted by molar-refractivity contribution is -0.121. The Hall–Kier alpha value is -3.00. The van der Waals surface area contributed by atoms with Crippen molar-refractivity contribution in [2.45, 2.75) is 39.0 Å². The first-order valence-corrected chi connectivity index (χ1v) is 10.1. The summed E-state index contributed by atoms with van der Waals surface area (Å²) < 4.78 is 0. The van der Waals surface area contributed by atoms with Gasteiger partial charge in [-0.1, -0.05) is 29.8 Å². The zero-order chi connectivity index (χ0) is 19.5. The first-order chi connectivity index (χ1) is 13.6. The van der Waals surface area contributed by atoms with Crippen molar-refractivity contribution in [2.24, 2.45) is 0 Å². The van der Waals surface area contributed by atoms with Crippen molar-refractivity contribution in [1.82, 2.24) is 26.0 Å². The molecule has 0 bridgehead atoms. The van der Waals surface area contributed by atoms with Gasteiger partial charge in [-0.2, -0.15) is 5.10 Å². The lowest BCUT2D eigenvalue weighted by atomic mass is 9.96. The quantitative estimate of drug-likeness (QED) is 0.592. The number of H-pyrrole nitrogens is 1. The number of rotatable bonds is 4. The van der Waals surface area contributed by atoms with Crippen LogP contribution in [0, 0.1) is 6.92 Å². The summed E-state index contributed by atoms with van der Waals surface area (Å²) in [6.45, 7) is 2.04. The maximum absolute atomic E-state index is 12.3. The molecule has 0 aliphatic heterocycles. The lowest BCUT2D eigenvalue weighted by Gasteiger charge is -2.11. The zero-order valence-electron chi connectivity index (χ0n) is 15.5. The number of thiazole rings is 1. The first kappa shape index (κ1) is 18.4. The second kappa shape index (κ2) is 7.93.